The molecule has 0 saturated carbocycles. The molecule has 0 spiro atoms. The minimum absolute atomic E-state index is 0.174. The summed E-state index contributed by atoms with van der Waals surface area (Å²) < 4.78 is 10.3. The number of carbonyl (C=O) groups is 1. The Kier molecular flexibility index (Phi) is 6.99. The van der Waals surface area contributed by atoms with Crippen LogP contribution in [0, 0.1) is 0 Å². The van der Waals surface area contributed by atoms with Crippen molar-refractivity contribution >= 4 is 34.9 Å². The third kappa shape index (κ3) is 4.39. The lowest BCUT2D eigenvalue weighted by molar-refractivity contribution is -0.140. The highest BCUT2D eigenvalue weighted by molar-refractivity contribution is 7.80. The van der Waals surface area contributed by atoms with Crippen molar-refractivity contribution in [1.82, 2.24) is 10.2 Å². The number of allylic oxidation sites excluding steroid dienone is 1. The molecule has 0 aliphatic carbocycles. The van der Waals surface area contributed by atoms with Gasteiger partial charge in [-0.25, -0.2) is 4.79 Å². The fraction of sp³-hybridized carbons (Fsp3) is 0.333. The number of rotatable bonds is 7. The first-order valence-electron chi connectivity index (χ1n) is 7.81. The van der Waals surface area contributed by atoms with Crippen molar-refractivity contribution in [2.45, 2.75) is 13.0 Å². The summed E-state index contributed by atoms with van der Waals surface area (Å²) in [5, 5.41) is 4.26. The summed E-state index contributed by atoms with van der Waals surface area (Å²) in [6.07, 6.45) is 1.72. The summed E-state index contributed by atoms with van der Waals surface area (Å²) in [4.78, 5) is 14.5. The molecule has 0 aromatic heterocycles. The molecule has 134 valence electrons. The third-order valence-electron chi connectivity index (χ3n) is 3.86. The highest BCUT2D eigenvalue weighted by Gasteiger charge is 2.35. The van der Waals surface area contributed by atoms with Gasteiger partial charge in [0.1, 0.15) is 6.61 Å². The van der Waals surface area contributed by atoms with Gasteiger partial charge < -0.3 is 19.7 Å². The monoisotopic (exact) mass is 380 g/mol. The predicted molar refractivity (Wildman–Crippen MR) is 102 cm³/mol. The van der Waals surface area contributed by atoms with Crippen LogP contribution in [0.3, 0.4) is 0 Å². The van der Waals surface area contributed by atoms with E-state index in [4.69, 9.17) is 33.3 Å². The molecule has 1 aliphatic heterocycles. The van der Waals surface area contributed by atoms with Crippen LogP contribution in [0.15, 0.2) is 48.2 Å². The lowest BCUT2D eigenvalue weighted by atomic mass is 9.95. The van der Waals surface area contributed by atoms with Gasteiger partial charge in [0.05, 0.1) is 18.2 Å². The number of carbonyl (C=O) groups excluding carboxylic acids is 1. The number of nitrogens with zero attached hydrogens (tertiary/aromatic N) is 1. The highest BCUT2D eigenvalue weighted by Crippen LogP contribution is 2.34. The van der Waals surface area contributed by atoms with E-state index in [2.05, 4.69) is 11.9 Å². The average Bonchev–Trinajstić information content (AvgIpc) is 2.58. The van der Waals surface area contributed by atoms with Crippen LogP contribution in [0.5, 0.6) is 0 Å². The lowest BCUT2D eigenvalue weighted by Gasteiger charge is -2.37. The molecule has 1 atom stereocenters. The molecule has 1 heterocycles. The lowest BCUT2D eigenvalue weighted by Crippen LogP contribution is -2.48. The molecule has 0 radical (unpaired) electrons. The zero-order valence-electron chi connectivity index (χ0n) is 14.3. The zero-order chi connectivity index (χ0) is 18.4. The van der Waals surface area contributed by atoms with Crippen molar-refractivity contribution in [3.63, 3.8) is 0 Å². The van der Waals surface area contributed by atoms with Crippen molar-refractivity contribution in [1.29, 1.82) is 0 Å². The van der Waals surface area contributed by atoms with Gasteiger partial charge in [-0.15, -0.1) is 6.58 Å². The number of hydrogen-bond donors (Lipinski definition) is 1. The maximum absolute atomic E-state index is 12.7. The van der Waals surface area contributed by atoms with E-state index in [1.54, 1.807) is 19.3 Å². The molecule has 7 heteroatoms. The van der Waals surface area contributed by atoms with Gasteiger partial charge >= 0.3 is 5.97 Å². The molecule has 1 N–H and O–H groups in total. The first-order chi connectivity index (χ1) is 12.0. The quantitative estimate of drug-likeness (QED) is 0.339. The van der Waals surface area contributed by atoms with Crippen LogP contribution in [0.4, 0.5) is 0 Å². The van der Waals surface area contributed by atoms with E-state index < -0.39 is 12.0 Å². The second kappa shape index (κ2) is 8.99. The number of ether oxygens (including phenoxy) is 2. The topological polar surface area (TPSA) is 50.8 Å². The van der Waals surface area contributed by atoms with Crippen LogP contribution in [-0.4, -0.2) is 42.8 Å². The smallest absolute Gasteiger partial charge is 0.338 e. The normalized spacial score (nSPS) is 17.3. The van der Waals surface area contributed by atoms with Gasteiger partial charge in [0.25, 0.3) is 0 Å². The second-order valence-electron chi connectivity index (χ2n) is 5.43. The van der Waals surface area contributed by atoms with Crippen molar-refractivity contribution in [2.75, 3.05) is 26.9 Å². The third-order valence-corrected chi connectivity index (χ3v) is 4.55. The average molecular weight is 381 g/mol. The van der Waals surface area contributed by atoms with E-state index in [0.29, 0.717) is 28.9 Å². The maximum Gasteiger partial charge on any atom is 0.338 e. The summed E-state index contributed by atoms with van der Waals surface area (Å²) in [7, 11) is 1.55. The molecule has 1 aromatic carbocycles. The molecule has 0 unspecified atom stereocenters. The van der Waals surface area contributed by atoms with Gasteiger partial charge in [-0.3, -0.25) is 0 Å². The van der Waals surface area contributed by atoms with Crippen LogP contribution in [0.1, 0.15) is 18.5 Å². The Morgan fingerprint density at radius 1 is 1.44 bits per heavy atom. The SMILES string of the molecule is C=CCN1C(=S)N[C@@H](c2ccccc2Cl)C(C(=O)OCCOC)=C1C. The Morgan fingerprint density at radius 2 is 2.16 bits per heavy atom. The second-order valence-corrected chi connectivity index (χ2v) is 6.22. The Morgan fingerprint density at radius 3 is 2.80 bits per heavy atom. The van der Waals surface area contributed by atoms with Crippen LogP contribution in [0.25, 0.3) is 0 Å². The van der Waals surface area contributed by atoms with Crippen LogP contribution < -0.4 is 5.32 Å². The Bertz CT molecular complexity index is 705. The Balaban J connectivity index is 2.45. The molecule has 0 saturated heterocycles. The first kappa shape index (κ1) is 19.4. The number of halogens is 1. The standard InChI is InChI=1S/C18H21ClN2O3S/c1-4-9-21-12(2)15(17(22)24-11-10-23-3)16(20-18(21)25)13-7-5-6-8-14(13)19/h4-8,16H,1,9-11H2,2-3H3,(H,20,25)/t16-/m0/s1. The summed E-state index contributed by atoms with van der Waals surface area (Å²) in [6, 6.07) is 6.87. The number of hydrogen-bond acceptors (Lipinski definition) is 4. The molecule has 0 fully saturated rings. The van der Waals surface area contributed by atoms with Crippen molar-refractivity contribution in [3.05, 3.63) is 58.8 Å². The summed E-state index contributed by atoms with van der Waals surface area (Å²) in [5.41, 5.74) is 1.96. The summed E-state index contributed by atoms with van der Waals surface area (Å²) in [6.45, 7) is 6.57. The van der Waals surface area contributed by atoms with E-state index in [-0.39, 0.29) is 6.61 Å². The number of methoxy groups -OCH3 is 1. The zero-order valence-corrected chi connectivity index (χ0v) is 15.8. The van der Waals surface area contributed by atoms with Gasteiger partial charge in [-0.05, 0) is 30.8 Å². The van der Waals surface area contributed by atoms with Crippen LogP contribution in [-0.2, 0) is 14.3 Å². The van der Waals surface area contributed by atoms with E-state index in [1.165, 1.54) is 0 Å². The number of thiocarbonyl (C=S) groups is 1. The summed E-state index contributed by atoms with van der Waals surface area (Å²) >= 11 is 11.8. The van der Waals surface area contributed by atoms with Crippen molar-refractivity contribution in [3.8, 4) is 0 Å². The number of nitrogens with one attached hydrogen (secondary N) is 1. The number of benzene rings is 1. The molecule has 0 bridgehead atoms. The van der Waals surface area contributed by atoms with Crippen LogP contribution in [0.2, 0.25) is 5.02 Å². The van der Waals surface area contributed by atoms with E-state index >= 15 is 0 Å². The van der Waals surface area contributed by atoms with E-state index in [1.807, 2.05) is 30.0 Å². The molecule has 25 heavy (non-hydrogen) atoms. The van der Waals surface area contributed by atoms with Crippen LogP contribution >= 0.6 is 23.8 Å². The molecule has 1 aliphatic rings. The van der Waals surface area contributed by atoms with Gasteiger partial charge in [-0.2, -0.15) is 0 Å². The fourth-order valence-corrected chi connectivity index (χ4v) is 3.21. The number of esters is 1. The van der Waals surface area contributed by atoms with Crippen molar-refractivity contribution in [2.24, 2.45) is 0 Å². The van der Waals surface area contributed by atoms with E-state index in [0.717, 1.165) is 11.3 Å². The largest absolute Gasteiger partial charge is 0.460 e. The van der Waals surface area contributed by atoms with Gasteiger partial charge in [0, 0.05) is 24.4 Å². The Labute approximate surface area is 158 Å². The summed E-state index contributed by atoms with van der Waals surface area (Å²) in [5.74, 6) is -0.427. The van der Waals surface area contributed by atoms with Gasteiger partial charge in [0.2, 0.25) is 0 Å². The van der Waals surface area contributed by atoms with E-state index in [9.17, 15) is 4.79 Å². The highest BCUT2D eigenvalue weighted by atomic mass is 35.5. The maximum atomic E-state index is 12.7. The molecular formula is C18H21ClN2O3S. The minimum atomic E-state index is -0.475. The molecule has 2 rings (SSSR count). The first-order valence-corrected chi connectivity index (χ1v) is 8.60. The van der Waals surface area contributed by atoms with Gasteiger partial charge in [0.15, 0.2) is 5.11 Å². The van der Waals surface area contributed by atoms with Crippen molar-refractivity contribution < 1.29 is 14.3 Å². The Hall–Kier alpha value is -1.89. The molecule has 1 aromatic rings. The fourth-order valence-electron chi connectivity index (χ4n) is 2.63. The predicted octanol–water partition coefficient (Wildman–Crippen LogP) is 3.22. The molecule has 5 nitrogen and oxygen atoms in total. The minimum Gasteiger partial charge on any atom is -0.460 e. The molecular weight excluding hydrogens is 360 g/mol. The molecule has 0 amide bonds. The van der Waals surface area contributed by atoms with Gasteiger partial charge in [-0.1, -0.05) is 35.9 Å².